The first-order chi connectivity index (χ1) is 9.60. The van der Waals surface area contributed by atoms with Gasteiger partial charge in [0.05, 0.1) is 5.69 Å². The molecule has 1 aromatic carbocycles. The zero-order valence-electron chi connectivity index (χ0n) is 12.4. The molecular weight excluding hydrogens is 253 g/mol. The minimum Gasteiger partial charge on any atom is -0.310 e. The van der Waals surface area contributed by atoms with E-state index in [1.54, 1.807) is 17.7 Å². The van der Waals surface area contributed by atoms with Gasteiger partial charge in [0.2, 0.25) is 0 Å². The first kappa shape index (κ1) is 14.7. The van der Waals surface area contributed by atoms with Gasteiger partial charge in [0.25, 0.3) is 0 Å². The van der Waals surface area contributed by atoms with Gasteiger partial charge in [-0.3, -0.25) is 4.68 Å². The summed E-state index contributed by atoms with van der Waals surface area (Å²) in [6, 6.07) is 7.56. The highest BCUT2D eigenvalue weighted by Crippen LogP contribution is 2.20. The maximum Gasteiger partial charge on any atom is 0.126 e. The Bertz CT molecular complexity index is 563. The highest BCUT2D eigenvalue weighted by atomic mass is 19.1. The van der Waals surface area contributed by atoms with E-state index in [0.29, 0.717) is 5.56 Å². The number of nitrogens with zero attached hydrogens (tertiary/aromatic N) is 2. The minimum absolute atomic E-state index is 0.0972. The van der Waals surface area contributed by atoms with E-state index in [1.165, 1.54) is 0 Å². The highest BCUT2D eigenvalue weighted by Gasteiger charge is 2.14. The maximum absolute atomic E-state index is 13.8. The van der Waals surface area contributed by atoms with Crippen LogP contribution in [0.2, 0.25) is 0 Å². The summed E-state index contributed by atoms with van der Waals surface area (Å²) >= 11 is 0. The Kier molecular flexibility index (Phi) is 4.90. The van der Waals surface area contributed by atoms with E-state index in [2.05, 4.69) is 17.3 Å². The Morgan fingerprint density at radius 3 is 2.75 bits per heavy atom. The zero-order chi connectivity index (χ0) is 14.5. The van der Waals surface area contributed by atoms with E-state index in [0.717, 1.165) is 30.6 Å². The molecule has 0 aliphatic heterocycles. The second-order valence-corrected chi connectivity index (χ2v) is 5.20. The van der Waals surface area contributed by atoms with Crippen molar-refractivity contribution < 1.29 is 4.39 Å². The van der Waals surface area contributed by atoms with Crippen LogP contribution in [0.3, 0.4) is 0 Å². The van der Waals surface area contributed by atoms with Crippen LogP contribution >= 0.6 is 0 Å². The monoisotopic (exact) mass is 275 g/mol. The number of aryl methyl sites for hydroxylation is 2. The van der Waals surface area contributed by atoms with Crippen LogP contribution in [-0.4, -0.2) is 16.3 Å². The summed E-state index contributed by atoms with van der Waals surface area (Å²) in [5, 5.41) is 7.88. The second kappa shape index (κ2) is 6.66. The largest absolute Gasteiger partial charge is 0.310 e. The number of rotatable bonds is 6. The van der Waals surface area contributed by atoms with Crippen LogP contribution < -0.4 is 5.32 Å². The molecule has 0 bridgehead atoms. The van der Waals surface area contributed by atoms with Gasteiger partial charge in [-0.15, -0.1) is 0 Å². The van der Waals surface area contributed by atoms with E-state index >= 15 is 0 Å². The Balaban J connectivity index is 2.19. The molecule has 0 saturated carbocycles. The van der Waals surface area contributed by atoms with Gasteiger partial charge in [0, 0.05) is 25.7 Å². The third kappa shape index (κ3) is 3.67. The van der Waals surface area contributed by atoms with Crippen LogP contribution in [0.1, 0.15) is 36.2 Å². The van der Waals surface area contributed by atoms with Crippen molar-refractivity contribution in [2.45, 2.75) is 32.7 Å². The van der Waals surface area contributed by atoms with Gasteiger partial charge in [0.1, 0.15) is 5.82 Å². The van der Waals surface area contributed by atoms with Crippen molar-refractivity contribution in [1.82, 2.24) is 15.1 Å². The smallest absolute Gasteiger partial charge is 0.126 e. The molecule has 1 atom stereocenters. The van der Waals surface area contributed by atoms with E-state index in [1.807, 2.05) is 31.4 Å². The summed E-state index contributed by atoms with van der Waals surface area (Å²) in [7, 11) is 1.91. The topological polar surface area (TPSA) is 29.9 Å². The Hall–Kier alpha value is -1.68. The number of hydrogen-bond acceptors (Lipinski definition) is 2. The second-order valence-electron chi connectivity index (χ2n) is 5.20. The summed E-state index contributed by atoms with van der Waals surface area (Å²) in [6.07, 6.45) is 3.75. The Morgan fingerprint density at radius 1 is 1.35 bits per heavy atom. The molecule has 4 heteroatoms. The minimum atomic E-state index is -0.146. The molecule has 0 radical (unpaired) electrons. The summed E-state index contributed by atoms with van der Waals surface area (Å²) < 4.78 is 15.6. The van der Waals surface area contributed by atoms with E-state index in [4.69, 9.17) is 0 Å². The molecule has 2 rings (SSSR count). The third-order valence-corrected chi connectivity index (χ3v) is 3.42. The lowest BCUT2D eigenvalue weighted by Gasteiger charge is -2.18. The van der Waals surface area contributed by atoms with Crippen molar-refractivity contribution >= 4 is 0 Å². The molecule has 3 nitrogen and oxygen atoms in total. The number of halogens is 1. The fourth-order valence-electron chi connectivity index (χ4n) is 2.23. The lowest BCUT2D eigenvalue weighted by molar-refractivity contribution is 0.516. The standard InChI is InChI=1S/C16H22FN3/c1-4-8-18-16(11-14-7-9-20(3)19-14)13-6-5-12(2)15(17)10-13/h5-7,9-10,16,18H,4,8,11H2,1-3H3. The van der Waals surface area contributed by atoms with Crippen LogP contribution in [0.5, 0.6) is 0 Å². The molecule has 0 fully saturated rings. The number of hydrogen-bond donors (Lipinski definition) is 1. The van der Waals surface area contributed by atoms with Gasteiger partial charge in [0.15, 0.2) is 0 Å². The van der Waals surface area contributed by atoms with Gasteiger partial charge in [-0.2, -0.15) is 5.10 Å². The molecule has 1 unspecified atom stereocenters. The fourth-order valence-corrected chi connectivity index (χ4v) is 2.23. The van der Waals surface area contributed by atoms with Crippen molar-refractivity contribution in [2.24, 2.45) is 7.05 Å². The van der Waals surface area contributed by atoms with Crippen molar-refractivity contribution in [3.05, 3.63) is 53.1 Å². The van der Waals surface area contributed by atoms with Crippen molar-refractivity contribution in [3.63, 3.8) is 0 Å². The van der Waals surface area contributed by atoms with Gasteiger partial charge in [-0.1, -0.05) is 19.1 Å². The molecule has 108 valence electrons. The molecule has 0 saturated heterocycles. The van der Waals surface area contributed by atoms with Gasteiger partial charge >= 0.3 is 0 Å². The normalized spacial score (nSPS) is 12.6. The third-order valence-electron chi connectivity index (χ3n) is 3.42. The molecule has 0 spiro atoms. The summed E-state index contributed by atoms with van der Waals surface area (Å²) in [6.45, 7) is 4.82. The van der Waals surface area contributed by atoms with Crippen molar-refractivity contribution in [1.29, 1.82) is 0 Å². The summed E-state index contributed by atoms with van der Waals surface area (Å²) in [5.74, 6) is -0.146. The van der Waals surface area contributed by atoms with Crippen LogP contribution in [0.4, 0.5) is 4.39 Å². The average molecular weight is 275 g/mol. The highest BCUT2D eigenvalue weighted by molar-refractivity contribution is 5.26. The molecule has 0 aliphatic rings. The maximum atomic E-state index is 13.8. The molecule has 1 N–H and O–H groups in total. The molecule has 1 aromatic heterocycles. The van der Waals surface area contributed by atoms with Gasteiger partial charge in [-0.25, -0.2) is 4.39 Å². The number of benzene rings is 1. The quantitative estimate of drug-likeness (QED) is 0.877. The zero-order valence-corrected chi connectivity index (χ0v) is 12.4. The summed E-state index contributed by atoms with van der Waals surface area (Å²) in [5.41, 5.74) is 2.68. The predicted octanol–water partition coefficient (Wildman–Crippen LogP) is 3.15. The predicted molar refractivity (Wildman–Crippen MR) is 79.1 cm³/mol. The van der Waals surface area contributed by atoms with E-state index in [-0.39, 0.29) is 11.9 Å². The molecule has 0 amide bonds. The molecular formula is C16H22FN3. The first-order valence-electron chi connectivity index (χ1n) is 7.08. The van der Waals surface area contributed by atoms with Crippen LogP contribution in [0.15, 0.2) is 30.5 Å². The van der Waals surface area contributed by atoms with Crippen LogP contribution in [0.25, 0.3) is 0 Å². The lowest BCUT2D eigenvalue weighted by Crippen LogP contribution is -2.24. The number of nitrogens with one attached hydrogen (secondary N) is 1. The van der Waals surface area contributed by atoms with Gasteiger partial charge in [-0.05, 0) is 43.1 Å². The first-order valence-corrected chi connectivity index (χ1v) is 7.08. The Morgan fingerprint density at radius 2 is 2.15 bits per heavy atom. The van der Waals surface area contributed by atoms with E-state index in [9.17, 15) is 4.39 Å². The van der Waals surface area contributed by atoms with Crippen LogP contribution in [0, 0.1) is 12.7 Å². The van der Waals surface area contributed by atoms with Gasteiger partial charge < -0.3 is 5.32 Å². The van der Waals surface area contributed by atoms with Crippen LogP contribution in [-0.2, 0) is 13.5 Å². The molecule has 20 heavy (non-hydrogen) atoms. The van der Waals surface area contributed by atoms with Crippen molar-refractivity contribution in [3.8, 4) is 0 Å². The molecule has 1 heterocycles. The summed E-state index contributed by atoms with van der Waals surface area (Å²) in [4.78, 5) is 0. The average Bonchev–Trinajstić information content (AvgIpc) is 2.83. The van der Waals surface area contributed by atoms with E-state index < -0.39 is 0 Å². The van der Waals surface area contributed by atoms with Crippen molar-refractivity contribution in [2.75, 3.05) is 6.54 Å². The SMILES string of the molecule is CCCNC(Cc1ccn(C)n1)c1ccc(C)c(F)c1. The number of aromatic nitrogens is 2. The Labute approximate surface area is 119 Å². The molecule has 0 aliphatic carbocycles. The fraction of sp³-hybridized carbons (Fsp3) is 0.438. The molecule has 2 aromatic rings. The lowest BCUT2D eigenvalue weighted by atomic mass is 10.0.